The number of hydrogen-bond donors (Lipinski definition) is 9. The summed E-state index contributed by atoms with van der Waals surface area (Å²) in [6.45, 7) is 0.361. The second-order valence-electron chi connectivity index (χ2n) is 8.47. The van der Waals surface area contributed by atoms with Crippen molar-refractivity contribution < 1.29 is 34.2 Å². The molecule has 13 nitrogen and oxygen atoms in total. The monoisotopic (exact) mass is 540 g/mol. The van der Waals surface area contributed by atoms with Crippen LogP contribution in [0.4, 0.5) is 0 Å². The highest BCUT2D eigenvalue weighted by Crippen LogP contribution is 2.12. The van der Waals surface area contributed by atoms with Crippen LogP contribution in [0.2, 0.25) is 0 Å². The van der Waals surface area contributed by atoms with Crippen molar-refractivity contribution in [2.75, 3.05) is 12.3 Å². The number of aromatic hydroxyl groups is 1. The molecule has 4 atom stereocenters. The van der Waals surface area contributed by atoms with Crippen molar-refractivity contribution >= 4 is 42.2 Å². The van der Waals surface area contributed by atoms with Crippen LogP contribution < -0.4 is 33.2 Å². The van der Waals surface area contributed by atoms with Crippen LogP contribution in [0.25, 0.3) is 0 Å². The average molecular weight is 541 g/mol. The lowest BCUT2D eigenvalue weighted by Gasteiger charge is -2.25. The molecule has 37 heavy (non-hydrogen) atoms. The smallest absolute Gasteiger partial charge is 0.327 e. The molecule has 0 aliphatic carbocycles. The van der Waals surface area contributed by atoms with Gasteiger partial charge in [-0.15, -0.1) is 0 Å². The third-order valence-electron chi connectivity index (χ3n) is 5.42. The maximum Gasteiger partial charge on any atom is 0.327 e. The summed E-state index contributed by atoms with van der Waals surface area (Å²) in [6, 6.07) is 1.28. The highest BCUT2D eigenvalue weighted by Gasteiger charge is 2.30. The fourth-order valence-electron chi connectivity index (χ4n) is 3.28. The molecule has 1 aromatic rings. The first-order valence-electron chi connectivity index (χ1n) is 11.7. The number of aliphatic carboxylic acids is 1. The molecule has 1 aromatic carbocycles. The number of unbranched alkanes of at least 4 members (excludes halogenated alkanes) is 1. The van der Waals surface area contributed by atoms with E-state index in [2.05, 4.69) is 28.6 Å². The molecule has 1 rings (SSSR count). The maximum absolute atomic E-state index is 13.2. The molecule has 0 spiro atoms. The number of carboxylic acids is 1. The van der Waals surface area contributed by atoms with Gasteiger partial charge in [0.05, 0.1) is 6.04 Å². The van der Waals surface area contributed by atoms with E-state index in [-0.39, 0.29) is 37.2 Å². The number of phenols is 1. The normalized spacial score (nSPS) is 14.0. The van der Waals surface area contributed by atoms with Gasteiger partial charge in [-0.3, -0.25) is 19.2 Å². The predicted octanol–water partition coefficient (Wildman–Crippen LogP) is -1.87. The molecule has 11 N–H and O–H groups in total. The predicted molar refractivity (Wildman–Crippen MR) is 138 cm³/mol. The van der Waals surface area contributed by atoms with Gasteiger partial charge in [0, 0.05) is 18.6 Å². The summed E-state index contributed by atoms with van der Waals surface area (Å²) in [6.07, 6.45) is 1.05. The summed E-state index contributed by atoms with van der Waals surface area (Å²) < 4.78 is 0. The minimum Gasteiger partial charge on any atom is -0.508 e. The zero-order valence-electron chi connectivity index (χ0n) is 20.4. The van der Waals surface area contributed by atoms with Gasteiger partial charge in [0.25, 0.3) is 0 Å². The SMILES string of the molecule is NCCCCC(NC(=O)C(Cc1ccc(O)cc1)NC(=O)C(N)CCC(N)=O)C(=O)NC(CS)C(=O)O. The summed E-state index contributed by atoms with van der Waals surface area (Å²) in [5.74, 6) is -4.20. The highest BCUT2D eigenvalue weighted by molar-refractivity contribution is 7.80. The molecule has 0 fully saturated rings. The molecule has 0 saturated heterocycles. The van der Waals surface area contributed by atoms with E-state index in [4.69, 9.17) is 17.2 Å². The average Bonchev–Trinajstić information content (AvgIpc) is 2.85. The van der Waals surface area contributed by atoms with Gasteiger partial charge in [0.2, 0.25) is 23.6 Å². The number of nitrogens with one attached hydrogen (secondary N) is 3. The Labute approximate surface area is 220 Å². The van der Waals surface area contributed by atoms with E-state index in [1.54, 1.807) is 12.1 Å². The van der Waals surface area contributed by atoms with Crippen LogP contribution in [0, 0.1) is 0 Å². The maximum atomic E-state index is 13.2. The molecule has 0 aromatic heterocycles. The Kier molecular flexibility index (Phi) is 14.0. The van der Waals surface area contributed by atoms with Crippen LogP contribution >= 0.6 is 12.6 Å². The van der Waals surface area contributed by atoms with E-state index in [1.807, 2.05) is 0 Å². The van der Waals surface area contributed by atoms with Gasteiger partial charge in [0.15, 0.2) is 0 Å². The molecule has 0 bridgehead atoms. The molecular formula is C23H36N6O7S. The second kappa shape index (κ2) is 16.4. The van der Waals surface area contributed by atoms with Crippen molar-refractivity contribution in [3.8, 4) is 5.75 Å². The topological polar surface area (TPSA) is 240 Å². The van der Waals surface area contributed by atoms with Crippen LogP contribution in [0.5, 0.6) is 5.75 Å². The number of phenolic OH excluding ortho intramolecular Hbond substituents is 1. The lowest BCUT2D eigenvalue weighted by atomic mass is 10.0. The van der Waals surface area contributed by atoms with Crippen molar-refractivity contribution in [1.29, 1.82) is 0 Å². The Morgan fingerprint density at radius 2 is 1.43 bits per heavy atom. The van der Waals surface area contributed by atoms with Gasteiger partial charge in [-0.25, -0.2) is 4.79 Å². The quantitative estimate of drug-likeness (QED) is 0.0792. The number of rotatable bonds is 17. The number of carboxylic acid groups (broad SMARTS) is 1. The van der Waals surface area contributed by atoms with E-state index < -0.39 is 53.8 Å². The van der Waals surface area contributed by atoms with Crippen LogP contribution in [0.1, 0.15) is 37.7 Å². The second-order valence-corrected chi connectivity index (χ2v) is 8.84. The first-order chi connectivity index (χ1) is 17.5. The molecule has 0 radical (unpaired) electrons. The summed E-state index contributed by atoms with van der Waals surface area (Å²) in [4.78, 5) is 61.0. The Hall–Kier alpha value is -3.36. The number of carbonyl (C=O) groups is 5. The molecule has 14 heteroatoms. The van der Waals surface area contributed by atoms with Crippen molar-refractivity contribution in [3.63, 3.8) is 0 Å². The molecular weight excluding hydrogens is 504 g/mol. The number of carbonyl (C=O) groups excluding carboxylic acids is 4. The van der Waals surface area contributed by atoms with E-state index in [9.17, 15) is 34.2 Å². The third kappa shape index (κ3) is 11.9. The highest BCUT2D eigenvalue weighted by atomic mass is 32.1. The van der Waals surface area contributed by atoms with Gasteiger partial charge < -0.3 is 43.4 Å². The van der Waals surface area contributed by atoms with E-state index in [1.165, 1.54) is 12.1 Å². The van der Waals surface area contributed by atoms with Gasteiger partial charge in [-0.05, 0) is 49.9 Å². The van der Waals surface area contributed by atoms with Gasteiger partial charge in [0.1, 0.15) is 23.9 Å². The van der Waals surface area contributed by atoms with E-state index >= 15 is 0 Å². The van der Waals surface area contributed by atoms with Crippen molar-refractivity contribution in [2.24, 2.45) is 17.2 Å². The fraction of sp³-hybridized carbons (Fsp3) is 0.522. The number of benzene rings is 1. The van der Waals surface area contributed by atoms with Gasteiger partial charge in [-0.2, -0.15) is 12.6 Å². The fourth-order valence-corrected chi connectivity index (χ4v) is 3.52. The molecule has 0 heterocycles. The molecule has 0 saturated carbocycles. The molecule has 4 unspecified atom stereocenters. The van der Waals surface area contributed by atoms with Gasteiger partial charge >= 0.3 is 5.97 Å². The Morgan fingerprint density at radius 1 is 0.865 bits per heavy atom. The largest absolute Gasteiger partial charge is 0.508 e. The van der Waals surface area contributed by atoms with Gasteiger partial charge in [-0.1, -0.05) is 12.1 Å². The van der Waals surface area contributed by atoms with Crippen molar-refractivity contribution in [2.45, 2.75) is 62.7 Å². The van der Waals surface area contributed by atoms with E-state index in [0.29, 0.717) is 24.9 Å². The Balaban J connectivity index is 3.10. The first-order valence-corrected chi connectivity index (χ1v) is 12.4. The van der Waals surface area contributed by atoms with Crippen LogP contribution in [0.15, 0.2) is 24.3 Å². The minimum absolute atomic E-state index is 0.00801. The molecule has 0 aliphatic rings. The Morgan fingerprint density at radius 3 is 1.97 bits per heavy atom. The summed E-state index contributed by atoms with van der Waals surface area (Å²) >= 11 is 3.93. The number of amides is 4. The lowest BCUT2D eigenvalue weighted by Crippen LogP contribution is -2.57. The summed E-state index contributed by atoms with van der Waals surface area (Å²) in [5.41, 5.74) is 17.1. The number of hydrogen-bond acceptors (Lipinski definition) is 9. The minimum atomic E-state index is -1.28. The zero-order chi connectivity index (χ0) is 28.0. The molecule has 0 aliphatic heterocycles. The van der Waals surface area contributed by atoms with Crippen LogP contribution in [-0.2, 0) is 30.4 Å². The summed E-state index contributed by atoms with van der Waals surface area (Å²) in [7, 11) is 0. The number of primary amides is 1. The molecule has 4 amide bonds. The van der Waals surface area contributed by atoms with Crippen molar-refractivity contribution in [3.05, 3.63) is 29.8 Å². The van der Waals surface area contributed by atoms with E-state index in [0.717, 1.165) is 0 Å². The number of nitrogens with two attached hydrogens (primary N) is 3. The van der Waals surface area contributed by atoms with Crippen LogP contribution in [0.3, 0.4) is 0 Å². The first kappa shape index (κ1) is 31.7. The zero-order valence-corrected chi connectivity index (χ0v) is 21.3. The summed E-state index contributed by atoms with van der Waals surface area (Å²) in [5, 5.41) is 26.2. The third-order valence-corrected chi connectivity index (χ3v) is 5.79. The molecule has 206 valence electrons. The standard InChI is InChI=1S/C23H36N6O7S/c24-10-2-1-3-16(21(33)29-18(12-37)23(35)36)27-22(34)17(11-13-4-6-14(30)7-5-13)28-20(32)15(25)8-9-19(26)31/h4-7,15-18,30,37H,1-3,8-12,24-25H2,(H2,26,31)(H,27,34)(H,28,32)(H,29,33)(H,35,36). The Bertz CT molecular complexity index is 931. The van der Waals surface area contributed by atoms with Crippen molar-refractivity contribution in [1.82, 2.24) is 16.0 Å². The number of thiol groups is 1. The lowest BCUT2D eigenvalue weighted by molar-refractivity contribution is -0.141. The van der Waals surface area contributed by atoms with Crippen LogP contribution in [-0.4, -0.2) is 76.3 Å².